The van der Waals surface area contributed by atoms with Crippen LogP contribution < -0.4 is 14.8 Å². The van der Waals surface area contributed by atoms with Crippen LogP contribution in [-0.4, -0.2) is 30.9 Å². The van der Waals surface area contributed by atoms with E-state index < -0.39 is 0 Å². The van der Waals surface area contributed by atoms with Crippen LogP contribution in [-0.2, 0) is 11.2 Å². The molecule has 2 aromatic rings. The number of hydrogen-bond acceptors (Lipinski definition) is 5. The van der Waals surface area contributed by atoms with Gasteiger partial charge in [0.1, 0.15) is 19.0 Å². The van der Waals surface area contributed by atoms with Gasteiger partial charge in [0, 0.05) is 30.9 Å². The molecule has 1 atom stereocenters. The number of nitrogens with one attached hydrogen (secondary N) is 1. The lowest BCUT2D eigenvalue weighted by atomic mass is 10.1. The largest absolute Gasteiger partial charge is 0.486 e. The fourth-order valence-corrected chi connectivity index (χ4v) is 2.72. The van der Waals surface area contributed by atoms with Crippen molar-refractivity contribution in [3.05, 3.63) is 47.9 Å². The van der Waals surface area contributed by atoms with Crippen LogP contribution in [0.5, 0.6) is 11.5 Å². The summed E-state index contributed by atoms with van der Waals surface area (Å²) >= 11 is 0. The quantitative estimate of drug-likeness (QED) is 0.782. The average Bonchev–Trinajstić information content (AvgIpc) is 3.12. The van der Waals surface area contributed by atoms with Gasteiger partial charge in [-0.1, -0.05) is 0 Å². The van der Waals surface area contributed by atoms with Crippen molar-refractivity contribution >= 4 is 11.7 Å². The molecule has 1 aliphatic heterocycles. The van der Waals surface area contributed by atoms with Crippen molar-refractivity contribution < 1.29 is 23.5 Å². The summed E-state index contributed by atoms with van der Waals surface area (Å²) in [5.74, 6) is 1.80. The highest BCUT2D eigenvalue weighted by Crippen LogP contribution is 2.31. The second kappa shape index (κ2) is 7.88. The van der Waals surface area contributed by atoms with Crippen LogP contribution in [0.3, 0.4) is 0 Å². The maximum atomic E-state index is 12.3. The van der Waals surface area contributed by atoms with Gasteiger partial charge in [-0.15, -0.1) is 0 Å². The number of carbonyl (C=O) groups is 2. The van der Waals surface area contributed by atoms with E-state index in [2.05, 4.69) is 5.32 Å². The van der Waals surface area contributed by atoms with Crippen LogP contribution in [0.15, 0.2) is 41.0 Å². The number of carbonyl (C=O) groups excluding carboxylic acids is 2. The first-order valence-corrected chi connectivity index (χ1v) is 8.36. The molecule has 0 radical (unpaired) electrons. The summed E-state index contributed by atoms with van der Waals surface area (Å²) in [6, 6.07) is 8.74. The first kappa shape index (κ1) is 17.1. The zero-order valence-corrected chi connectivity index (χ0v) is 14.1. The molecule has 132 valence electrons. The highest BCUT2D eigenvalue weighted by atomic mass is 16.6. The predicted octanol–water partition coefficient (Wildman–Crippen LogP) is 2.76. The maximum absolute atomic E-state index is 12.3. The summed E-state index contributed by atoms with van der Waals surface area (Å²) < 4.78 is 16.2. The molecule has 1 amide bonds. The number of rotatable bonds is 7. The van der Waals surface area contributed by atoms with Crippen molar-refractivity contribution in [3.8, 4) is 11.5 Å². The summed E-state index contributed by atoms with van der Waals surface area (Å²) in [6.07, 6.45) is 2.53. The molecule has 0 spiro atoms. The zero-order chi connectivity index (χ0) is 17.6. The molecule has 6 nitrogen and oxygen atoms in total. The Morgan fingerprint density at radius 2 is 1.92 bits per heavy atom. The highest BCUT2D eigenvalue weighted by Gasteiger charge is 2.16. The number of benzene rings is 1. The number of furan rings is 1. The van der Waals surface area contributed by atoms with E-state index in [-0.39, 0.29) is 30.6 Å². The van der Waals surface area contributed by atoms with Crippen molar-refractivity contribution in [2.75, 3.05) is 13.2 Å². The standard InChI is InChI=1S/C19H21NO5/c1-13(11-15-3-2-8-23-15)20-19(22)7-5-16(21)14-4-6-17-18(12-14)25-10-9-24-17/h2-4,6,8,12-13H,5,7,9-11H2,1H3,(H,20,22)/t13-/m1/s1. The number of Topliss-reactive ketones (excluding diaryl/α,β-unsaturated/α-hetero) is 1. The minimum Gasteiger partial charge on any atom is -0.486 e. The molecule has 2 heterocycles. The second-order valence-electron chi connectivity index (χ2n) is 6.03. The monoisotopic (exact) mass is 343 g/mol. The molecular formula is C19H21NO5. The lowest BCUT2D eigenvalue weighted by molar-refractivity contribution is -0.121. The molecule has 0 fully saturated rings. The molecule has 6 heteroatoms. The number of fused-ring (bicyclic) bond motifs is 1. The third-order valence-electron chi connectivity index (χ3n) is 3.94. The van der Waals surface area contributed by atoms with Gasteiger partial charge in [0.05, 0.1) is 6.26 Å². The van der Waals surface area contributed by atoms with Gasteiger partial charge < -0.3 is 19.2 Å². The van der Waals surface area contributed by atoms with Gasteiger partial charge in [-0.2, -0.15) is 0 Å². The molecule has 25 heavy (non-hydrogen) atoms. The van der Waals surface area contributed by atoms with Gasteiger partial charge in [0.25, 0.3) is 0 Å². The number of ketones is 1. The van der Waals surface area contributed by atoms with Crippen LogP contribution in [0.4, 0.5) is 0 Å². The molecule has 0 aliphatic carbocycles. The summed E-state index contributed by atoms with van der Waals surface area (Å²) in [6.45, 7) is 2.89. The van der Waals surface area contributed by atoms with Crippen molar-refractivity contribution in [3.63, 3.8) is 0 Å². The van der Waals surface area contributed by atoms with Crippen LogP contribution in [0.1, 0.15) is 35.9 Å². The van der Waals surface area contributed by atoms with Gasteiger partial charge in [-0.3, -0.25) is 9.59 Å². The van der Waals surface area contributed by atoms with E-state index >= 15 is 0 Å². The van der Waals surface area contributed by atoms with E-state index in [4.69, 9.17) is 13.9 Å². The first-order valence-electron chi connectivity index (χ1n) is 8.36. The topological polar surface area (TPSA) is 77.8 Å². The summed E-state index contributed by atoms with van der Waals surface area (Å²) in [5.41, 5.74) is 0.528. The minimum absolute atomic E-state index is 0.0527. The number of hydrogen-bond donors (Lipinski definition) is 1. The van der Waals surface area contributed by atoms with E-state index in [1.807, 2.05) is 19.1 Å². The molecule has 1 N–H and O–H groups in total. The van der Waals surface area contributed by atoms with Crippen molar-refractivity contribution in [1.29, 1.82) is 0 Å². The van der Waals surface area contributed by atoms with E-state index in [1.165, 1.54) is 0 Å². The normalized spacial score (nSPS) is 14.0. The molecule has 3 rings (SSSR count). The van der Waals surface area contributed by atoms with Gasteiger partial charge >= 0.3 is 0 Å². The fraction of sp³-hybridized carbons (Fsp3) is 0.368. The molecule has 0 bridgehead atoms. The van der Waals surface area contributed by atoms with E-state index in [1.54, 1.807) is 24.5 Å². The van der Waals surface area contributed by atoms with Crippen molar-refractivity contribution in [1.82, 2.24) is 5.32 Å². The highest BCUT2D eigenvalue weighted by molar-refractivity contribution is 5.98. The van der Waals surface area contributed by atoms with Crippen LogP contribution in [0, 0.1) is 0 Å². The Morgan fingerprint density at radius 3 is 2.68 bits per heavy atom. The first-order chi connectivity index (χ1) is 12.1. The minimum atomic E-state index is -0.148. The van der Waals surface area contributed by atoms with Crippen LogP contribution in [0.2, 0.25) is 0 Å². The summed E-state index contributed by atoms with van der Waals surface area (Å²) in [7, 11) is 0. The third kappa shape index (κ3) is 4.62. The Kier molecular flexibility index (Phi) is 5.38. The summed E-state index contributed by atoms with van der Waals surface area (Å²) in [4.78, 5) is 24.3. The Hall–Kier alpha value is -2.76. The smallest absolute Gasteiger partial charge is 0.220 e. The zero-order valence-electron chi connectivity index (χ0n) is 14.1. The molecule has 0 saturated carbocycles. The SMILES string of the molecule is C[C@H](Cc1ccco1)NC(=O)CCC(=O)c1ccc2c(c1)OCCO2. The Balaban J connectivity index is 1.47. The van der Waals surface area contributed by atoms with E-state index in [9.17, 15) is 9.59 Å². The Morgan fingerprint density at radius 1 is 1.12 bits per heavy atom. The molecule has 1 aromatic heterocycles. The van der Waals surface area contributed by atoms with Gasteiger partial charge in [0.15, 0.2) is 17.3 Å². The third-order valence-corrected chi connectivity index (χ3v) is 3.94. The number of ether oxygens (including phenoxy) is 2. The average molecular weight is 343 g/mol. The lowest BCUT2D eigenvalue weighted by Gasteiger charge is -2.18. The fourth-order valence-electron chi connectivity index (χ4n) is 2.72. The van der Waals surface area contributed by atoms with Crippen LogP contribution >= 0.6 is 0 Å². The molecule has 1 aliphatic rings. The van der Waals surface area contributed by atoms with E-state index in [0.29, 0.717) is 36.7 Å². The second-order valence-corrected chi connectivity index (χ2v) is 6.03. The van der Waals surface area contributed by atoms with E-state index in [0.717, 1.165) is 5.76 Å². The van der Waals surface area contributed by atoms with Crippen molar-refractivity contribution in [2.24, 2.45) is 0 Å². The predicted molar refractivity (Wildman–Crippen MR) is 91.0 cm³/mol. The maximum Gasteiger partial charge on any atom is 0.220 e. The van der Waals surface area contributed by atoms with Gasteiger partial charge in [-0.05, 0) is 37.3 Å². The Bertz CT molecular complexity index is 738. The lowest BCUT2D eigenvalue weighted by Crippen LogP contribution is -2.34. The Labute approximate surface area is 146 Å². The molecule has 0 saturated heterocycles. The number of amides is 1. The molecule has 0 unspecified atom stereocenters. The van der Waals surface area contributed by atoms with Crippen molar-refractivity contribution in [2.45, 2.75) is 32.2 Å². The molecule has 1 aromatic carbocycles. The van der Waals surface area contributed by atoms with Gasteiger partial charge in [0.2, 0.25) is 5.91 Å². The molecular weight excluding hydrogens is 322 g/mol. The summed E-state index contributed by atoms with van der Waals surface area (Å²) in [5, 5.41) is 2.88. The van der Waals surface area contributed by atoms with Gasteiger partial charge in [-0.25, -0.2) is 0 Å². The van der Waals surface area contributed by atoms with Crippen LogP contribution in [0.25, 0.3) is 0 Å².